The van der Waals surface area contributed by atoms with Crippen LogP contribution < -0.4 is 10.6 Å². The fourth-order valence-electron chi connectivity index (χ4n) is 1.04. The Hall–Kier alpha value is -1.59. The molecule has 0 aromatic rings. The van der Waals surface area contributed by atoms with Crippen LogP contribution in [-0.2, 0) is 9.59 Å². The van der Waals surface area contributed by atoms with E-state index in [0.29, 0.717) is 13.1 Å². The highest BCUT2D eigenvalue weighted by molar-refractivity contribution is 5.95. The van der Waals surface area contributed by atoms with Gasteiger partial charge in [-0.25, -0.2) is 4.79 Å². The van der Waals surface area contributed by atoms with Crippen molar-refractivity contribution in [2.45, 2.75) is 6.92 Å². The predicted octanol–water partition coefficient (Wildman–Crippen LogP) is -1.33. The van der Waals surface area contributed by atoms with E-state index in [1.165, 1.54) is 11.8 Å². The molecule has 0 aromatic carbocycles. The van der Waals surface area contributed by atoms with Crippen molar-refractivity contribution in [2.75, 3.05) is 19.6 Å². The highest BCUT2D eigenvalue weighted by Crippen LogP contribution is 1.93. The molecule has 4 amide bonds. The number of amides is 4. The Bertz CT molecular complexity index is 251. The second kappa shape index (κ2) is 3.88. The molecule has 1 rings (SSSR count). The van der Waals surface area contributed by atoms with Gasteiger partial charge in [-0.2, -0.15) is 0 Å². The molecular weight excluding hydrogens is 174 g/mol. The van der Waals surface area contributed by atoms with Gasteiger partial charge in [0.2, 0.25) is 11.8 Å². The summed E-state index contributed by atoms with van der Waals surface area (Å²) in [5.41, 5.74) is 0. The van der Waals surface area contributed by atoms with E-state index in [1.807, 2.05) is 0 Å². The largest absolute Gasteiger partial charge is 0.353 e. The van der Waals surface area contributed by atoms with Crippen molar-refractivity contribution in [3.8, 4) is 0 Å². The molecule has 0 atom stereocenters. The van der Waals surface area contributed by atoms with Gasteiger partial charge in [0.05, 0.1) is 0 Å². The molecule has 0 radical (unpaired) electrons. The van der Waals surface area contributed by atoms with Gasteiger partial charge in [-0.15, -0.1) is 0 Å². The number of hydrogen-bond donors (Lipinski definition) is 2. The van der Waals surface area contributed by atoms with E-state index in [-0.39, 0.29) is 12.5 Å². The lowest BCUT2D eigenvalue weighted by atomic mass is 10.4. The van der Waals surface area contributed by atoms with Gasteiger partial charge in [0, 0.05) is 20.0 Å². The number of nitrogens with zero attached hydrogens (tertiary/aromatic N) is 1. The van der Waals surface area contributed by atoms with Crippen molar-refractivity contribution in [3.05, 3.63) is 0 Å². The van der Waals surface area contributed by atoms with Crippen molar-refractivity contribution < 1.29 is 14.4 Å². The van der Waals surface area contributed by atoms with Crippen molar-refractivity contribution in [1.82, 2.24) is 15.5 Å². The fourth-order valence-corrected chi connectivity index (χ4v) is 1.04. The van der Waals surface area contributed by atoms with E-state index >= 15 is 0 Å². The van der Waals surface area contributed by atoms with Crippen LogP contribution in [0.2, 0.25) is 0 Å². The van der Waals surface area contributed by atoms with Gasteiger partial charge in [0.25, 0.3) is 0 Å². The molecule has 6 nitrogen and oxygen atoms in total. The molecule has 1 aliphatic rings. The highest BCUT2D eigenvalue weighted by Gasteiger charge is 2.21. The lowest BCUT2D eigenvalue weighted by molar-refractivity contribution is -0.124. The SMILES string of the molecule is CC(=O)NC(=O)N1CCNC(=O)C1. The normalized spacial score (nSPS) is 16.4. The van der Waals surface area contributed by atoms with Crippen LogP contribution in [0.15, 0.2) is 0 Å². The minimum absolute atomic E-state index is 0.0130. The van der Waals surface area contributed by atoms with Gasteiger partial charge < -0.3 is 10.2 Å². The number of carbonyl (C=O) groups is 3. The Labute approximate surface area is 75.3 Å². The first kappa shape index (κ1) is 9.50. The van der Waals surface area contributed by atoms with Crippen LogP contribution in [0.5, 0.6) is 0 Å². The Morgan fingerprint density at radius 1 is 1.54 bits per heavy atom. The third kappa shape index (κ3) is 2.73. The molecule has 0 saturated carbocycles. The number of nitrogens with one attached hydrogen (secondary N) is 2. The number of imide groups is 1. The first-order valence-electron chi connectivity index (χ1n) is 3.93. The first-order valence-corrected chi connectivity index (χ1v) is 3.93. The summed E-state index contributed by atoms with van der Waals surface area (Å²) >= 11 is 0. The monoisotopic (exact) mass is 185 g/mol. The average Bonchev–Trinajstić information content (AvgIpc) is 2.03. The number of urea groups is 1. The van der Waals surface area contributed by atoms with E-state index < -0.39 is 11.9 Å². The summed E-state index contributed by atoms with van der Waals surface area (Å²) in [7, 11) is 0. The lowest BCUT2D eigenvalue weighted by Gasteiger charge is -2.26. The Balaban J connectivity index is 2.46. The smallest absolute Gasteiger partial charge is 0.324 e. The van der Waals surface area contributed by atoms with E-state index in [0.717, 1.165) is 0 Å². The number of rotatable bonds is 0. The van der Waals surface area contributed by atoms with Crippen molar-refractivity contribution in [2.24, 2.45) is 0 Å². The third-order valence-corrected chi connectivity index (χ3v) is 1.61. The van der Waals surface area contributed by atoms with Crippen LogP contribution in [0, 0.1) is 0 Å². The highest BCUT2D eigenvalue weighted by atomic mass is 16.2. The summed E-state index contributed by atoms with van der Waals surface area (Å²) < 4.78 is 0. The Morgan fingerprint density at radius 3 is 2.77 bits per heavy atom. The van der Waals surface area contributed by atoms with Crippen LogP contribution in [0.25, 0.3) is 0 Å². The van der Waals surface area contributed by atoms with Crippen LogP contribution in [0.3, 0.4) is 0 Å². The predicted molar refractivity (Wildman–Crippen MR) is 43.8 cm³/mol. The topological polar surface area (TPSA) is 78.5 Å². The maximum Gasteiger partial charge on any atom is 0.324 e. The molecule has 1 heterocycles. The second-order valence-corrected chi connectivity index (χ2v) is 2.76. The Morgan fingerprint density at radius 2 is 2.23 bits per heavy atom. The molecule has 6 heteroatoms. The lowest BCUT2D eigenvalue weighted by Crippen LogP contribution is -2.53. The van der Waals surface area contributed by atoms with Crippen LogP contribution >= 0.6 is 0 Å². The van der Waals surface area contributed by atoms with Crippen LogP contribution in [0.1, 0.15) is 6.92 Å². The summed E-state index contributed by atoms with van der Waals surface area (Å²) in [6.45, 7) is 2.13. The molecule has 1 fully saturated rings. The fraction of sp³-hybridized carbons (Fsp3) is 0.571. The van der Waals surface area contributed by atoms with E-state index in [1.54, 1.807) is 0 Å². The van der Waals surface area contributed by atoms with E-state index in [9.17, 15) is 14.4 Å². The minimum atomic E-state index is -0.512. The van der Waals surface area contributed by atoms with Gasteiger partial charge in [-0.3, -0.25) is 14.9 Å². The van der Waals surface area contributed by atoms with Gasteiger partial charge in [0.15, 0.2) is 0 Å². The second-order valence-electron chi connectivity index (χ2n) is 2.76. The maximum absolute atomic E-state index is 11.2. The zero-order valence-corrected chi connectivity index (χ0v) is 7.29. The van der Waals surface area contributed by atoms with Gasteiger partial charge >= 0.3 is 6.03 Å². The molecule has 72 valence electrons. The molecular formula is C7H11N3O3. The molecule has 2 N–H and O–H groups in total. The number of piperazine rings is 1. The van der Waals surface area contributed by atoms with E-state index in [4.69, 9.17) is 0 Å². The molecule has 1 aliphatic heterocycles. The quantitative estimate of drug-likeness (QED) is 0.491. The van der Waals surface area contributed by atoms with Gasteiger partial charge in [-0.05, 0) is 0 Å². The summed E-state index contributed by atoms with van der Waals surface area (Å²) in [5.74, 6) is -0.624. The standard InChI is InChI=1S/C7H11N3O3/c1-5(11)9-7(13)10-3-2-8-6(12)4-10/h2-4H2,1H3,(H,8,12)(H,9,11,13). The third-order valence-electron chi connectivity index (χ3n) is 1.61. The number of hydrogen-bond acceptors (Lipinski definition) is 3. The molecule has 0 spiro atoms. The zero-order valence-electron chi connectivity index (χ0n) is 7.29. The van der Waals surface area contributed by atoms with Crippen LogP contribution in [-0.4, -0.2) is 42.4 Å². The summed E-state index contributed by atoms with van der Waals surface area (Å²) in [5, 5.41) is 4.68. The molecule has 0 unspecified atom stereocenters. The van der Waals surface area contributed by atoms with Crippen molar-refractivity contribution in [3.63, 3.8) is 0 Å². The van der Waals surface area contributed by atoms with Gasteiger partial charge in [0.1, 0.15) is 6.54 Å². The number of carbonyl (C=O) groups excluding carboxylic acids is 3. The molecule has 0 aromatic heterocycles. The van der Waals surface area contributed by atoms with Gasteiger partial charge in [-0.1, -0.05) is 0 Å². The summed E-state index contributed by atoms with van der Waals surface area (Å²) in [6, 6.07) is -0.512. The van der Waals surface area contributed by atoms with E-state index in [2.05, 4.69) is 10.6 Å². The molecule has 0 aliphatic carbocycles. The average molecular weight is 185 g/mol. The summed E-state index contributed by atoms with van der Waals surface area (Å²) in [4.78, 5) is 33.8. The first-order chi connectivity index (χ1) is 6.09. The molecule has 13 heavy (non-hydrogen) atoms. The van der Waals surface area contributed by atoms with Crippen LogP contribution in [0.4, 0.5) is 4.79 Å². The molecule has 0 bridgehead atoms. The minimum Gasteiger partial charge on any atom is -0.353 e. The summed E-state index contributed by atoms with van der Waals surface area (Å²) in [6.07, 6.45) is 0. The molecule has 1 saturated heterocycles. The van der Waals surface area contributed by atoms with Crippen molar-refractivity contribution >= 4 is 17.8 Å². The maximum atomic E-state index is 11.2. The Kier molecular flexibility index (Phi) is 2.84. The van der Waals surface area contributed by atoms with Crippen molar-refractivity contribution in [1.29, 1.82) is 0 Å². The zero-order chi connectivity index (χ0) is 9.84.